The van der Waals surface area contributed by atoms with Crippen molar-refractivity contribution in [3.8, 4) is 0 Å². The van der Waals surface area contributed by atoms with Crippen molar-refractivity contribution in [1.82, 2.24) is 4.90 Å². The van der Waals surface area contributed by atoms with Crippen LogP contribution >= 0.6 is 0 Å². The first kappa shape index (κ1) is 15.0. The second kappa shape index (κ2) is 6.93. The van der Waals surface area contributed by atoms with Gasteiger partial charge in [0.05, 0.1) is 6.61 Å². The molecule has 0 saturated carbocycles. The molecule has 3 nitrogen and oxygen atoms in total. The monoisotopic (exact) mass is 297 g/mol. The van der Waals surface area contributed by atoms with Crippen molar-refractivity contribution in [2.45, 2.75) is 25.3 Å². The van der Waals surface area contributed by atoms with Crippen LogP contribution in [0.2, 0.25) is 0 Å². The fourth-order valence-electron chi connectivity index (χ4n) is 3.65. The molecule has 3 heteroatoms. The zero-order valence-electron chi connectivity index (χ0n) is 13.0. The van der Waals surface area contributed by atoms with Gasteiger partial charge < -0.3 is 9.64 Å². The van der Waals surface area contributed by atoms with Crippen LogP contribution in [0.4, 0.5) is 0 Å². The molecule has 3 atom stereocenters. The number of carbonyl (C=O) groups excluding carboxylic acids is 1. The Morgan fingerprint density at radius 1 is 1.27 bits per heavy atom. The maximum absolute atomic E-state index is 12.5. The van der Waals surface area contributed by atoms with Crippen LogP contribution in [0, 0.1) is 5.92 Å². The summed E-state index contributed by atoms with van der Waals surface area (Å²) in [4.78, 5) is 14.6. The number of hydrogen-bond donors (Lipinski definition) is 0. The Balaban J connectivity index is 1.82. The zero-order chi connectivity index (χ0) is 15.4. The molecule has 116 valence electrons. The summed E-state index contributed by atoms with van der Waals surface area (Å²) in [6.45, 7) is 4.25. The number of allylic oxidation sites excluding steroid dienone is 3. The molecule has 2 fully saturated rings. The molecule has 0 spiro atoms. The van der Waals surface area contributed by atoms with Gasteiger partial charge in [0.25, 0.3) is 0 Å². The van der Waals surface area contributed by atoms with E-state index in [4.69, 9.17) is 4.74 Å². The van der Waals surface area contributed by atoms with E-state index in [0.717, 1.165) is 26.2 Å². The molecule has 0 radical (unpaired) electrons. The number of nitrogens with zero attached hydrogens (tertiary/aromatic N) is 1. The second-order valence-corrected chi connectivity index (χ2v) is 5.99. The first-order valence-electron chi connectivity index (χ1n) is 8.04. The van der Waals surface area contributed by atoms with Gasteiger partial charge in [0, 0.05) is 37.1 Å². The third-order valence-corrected chi connectivity index (χ3v) is 4.73. The summed E-state index contributed by atoms with van der Waals surface area (Å²) in [5.74, 6) is 0.911. The Labute approximate surface area is 132 Å². The van der Waals surface area contributed by atoms with E-state index in [1.54, 1.807) is 6.08 Å². The quantitative estimate of drug-likeness (QED) is 0.633. The fraction of sp³-hybridized carbons (Fsp3) is 0.421. The summed E-state index contributed by atoms with van der Waals surface area (Å²) < 4.78 is 5.69. The van der Waals surface area contributed by atoms with Gasteiger partial charge in [-0.05, 0) is 18.9 Å². The lowest BCUT2D eigenvalue weighted by molar-refractivity contribution is -0.128. The molecule has 2 heterocycles. The van der Waals surface area contributed by atoms with Crippen molar-refractivity contribution < 1.29 is 9.53 Å². The summed E-state index contributed by atoms with van der Waals surface area (Å²) in [7, 11) is 0. The number of likely N-dealkylation sites (tertiary alicyclic amines) is 1. The molecule has 0 aliphatic carbocycles. The molecular formula is C19H23NO2. The van der Waals surface area contributed by atoms with Crippen LogP contribution in [0.25, 0.3) is 0 Å². The van der Waals surface area contributed by atoms with Crippen LogP contribution < -0.4 is 0 Å². The zero-order valence-corrected chi connectivity index (χ0v) is 13.0. The van der Waals surface area contributed by atoms with Crippen molar-refractivity contribution >= 4 is 5.91 Å². The highest BCUT2D eigenvalue weighted by Crippen LogP contribution is 2.40. The van der Waals surface area contributed by atoms with Gasteiger partial charge in [-0.3, -0.25) is 4.79 Å². The van der Waals surface area contributed by atoms with E-state index in [1.807, 2.05) is 36.1 Å². The summed E-state index contributed by atoms with van der Waals surface area (Å²) in [6.07, 6.45) is 8.27. The topological polar surface area (TPSA) is 29.5 Å². The molecule has 1 amide bonds. The Hall–Kier alpha value is -1.87. The van der Waals surface area contributed by atoms with E-state index in [9.17, 15) is 4.79 Å². The van der Waals surface area contributed by atoms with E-state index < -0.39 is 0 Å². The predicted octanol–water partition coefficient (Wildman–Crippen LogP) is 3.15. The van der Waals surface area contributed by atoms with E-state index in [-0.39, 0.29) is 5.91 Å². The Morgan fingerprint density at radius 3 is 2.86 bits per heavy atom. The third kappa shape index (κ3) is 3.00. The lowest BCUT2D eigenvalue weighted by Crippen LogP contribution is -2.41. The molecule has 0 bridgehead atoms. The molecule has 1 aromatic carbocycles. The van der Waals surface area contributed by atoms with Crippen molar-refractivity contribution in [2.24, 2.45) is 5.92 Å². The maximum atomic E-state index is 12.5. The van der Waals surface area contributed by atoms with E-state index in [2.05, 4.69) is 24.3 Å². The Morgan fingerprint density at radius 2 is 2.09 bits per heavy atom. The molecule has 1 aromatic rings. The van der Waals surface area contributed by atoms with E-state index >= 15 is 0 Å². The Kier molecular flexibility index (Phi) is 4.74. The van der Waals surface area contributed by atoms with Crippen LogP contribution in [-0.2, 0) is 9.53 Å². The van der Waals surface area contributed by atoms with Crippen LogP contribution in [0.3, 0.4) is 0 Å². The molecule has 0 aromatic heterocycles. The van der Waals surface area contributed by atoms with Crippen molar-refractivity contribution in [3.63, 3.8) is 0 Å². The first-order valence-corrected chi connectivity index (χ1v) is 8.04. The molecule has 22 heavy (non-hydrogen) atoms. The number of benzene rings is 1. The highest BCUT2D eigenvalue weighted by atomic mass is 16.5. The minimum absolute atomic E-state index is 0.119. The first-order chi connectivity index (χ1) is 10.8. The number of amides is 1. The van der Waals surface area contributed by atoms with E-state index in [1.165, 1.54) is 5.56 Å². The molecule has 2 aliphatic rings. The van der Waals surface area contributed by atoms with Crippen LogP contribution in [-0.4, -0.2) is 36.6 Å². The predicted molar refractivity (Wildman–Crippen MR) is 87.6 cm³/mol. The average Bonchev–Trinajstić information content (AvgIpc) is 2.95. The summed E-state index contributed by atoms with van der Waals surface area (Å²) in [6, 6.07) is 10.8. The van der Waals surface area contributed by atoms with Gasteiger partial charge in [0.15, 0.2) is 0 Å². The molecule has 0 N–H and O–H groups in total. The number of hydrogen-bond acceptors (Lipinski definition) is 2. The number of fused-ring (bicyclic) bond motifs is 1. The van der Waals surface area contributed by atoms with Gasteiger partial charge in [-0.2, -0.15) is 0 Å². The second-order valence-electron chi connectivity index (χ2n) is 5.99. The number of rotatable bonds is 3. The maximum Gasteiger partial charge on any atom is 0.246 e. The molecule has 3 rings (SSSR count). The van der Waals surface area contributed by atoms with Gasteiger partial charge in [0.2, 0.25) is 5.91 Å². The summed E-state index contributed by atoms with van der Waals surface area (Å²) in [5.41, 5.74) is 1.32. The lowest BCUT2D eigenvalue weighted by Gasteiger charge is -2.32. The summed E-state index contributed by atoms with van der Waals surface area (Å²) >= 11 is 0. The van der Waals surface area contributed by atoms with Crippen LogP contribution in [0.5, 0.6) is 0 Å². The largest absolute Gasteiger partial charge is 0.381 e. The number of ether oxygens (including phenoxy) is 1. The average molecular weight is 297 g/mol. The number of carbonyl (C=O) groups is 1. The highest BCUT2D eigenvalue weighted by molar-refractivity contribution is 5.88. The SMILES string of the molecule is C/C=C/C=C/C(=O)N1C[C@H](c2ccccc2)[C@H]2COCC[C@@H]21. The lowest BCUT2D eigenvalue weighted by atomic mass is 9.84. The van der Waals surface area contributed by atoms with Crippen LogP contribution in [0.1, 0.15) is 24.8 Å². The minimum atomic E-state index is 0.119. The minimum Gasteiger partial charge on any atom is -0.381 e. The normalized spacial score (nSPS) is 28.4. The smallest absolute Gasteiger partial charge is 0.246 e. The van der Waals surface area contributed by atoms with Crippen LogP contribution in [0.15, 0.2) is 54.6 Å². The third-order valence-electron chi connectivity index (χ3n) is 4.73. The van der Waals surface area contributed by atoms with Crippen molar-refractivity contribution in [2.75, 3.05) is 19.8 Å². The highest BCUT2D eigenvalue weighted by Gasteiger charge is 2.45. The van der Waals surface area contributed by atoms with E-state index in [0.29, 0.717) is 17.9 Å². The van der Waals surface area contributed by atoms with Gasteiger partial charge in [-0.25, -0.2) is 0 Å². The molecule has 2 saturated heterocycles. The molecular weight excluding hydrogens is 274 g/mol. The van der Waals surface area contributed by atoms with Gasteiger partial charge in [0.1, 0.15) is 0 Å². The molecule has 0 unspecified atom stereocenters. The van der Waals surface area contributed by atoms with Gasteiger partial charge in [-0.15, -0.1) is 0 Å². The summed E-state index contributed by atoms with van der Waals surface area (Å²) in [5, 5.41) is 0. The van der Waals surface area contributed by atoms with Crippen molar-refractivity contribution in [3.05, 3.63) is 60.2 Å². The fourth-order valence-corrected chi connectivity index (χ4v) is 3.65. The van der Waals surface area contributed by atoms with Gasteiger partial charge in [-0.1, -0.05) is 48.6 Å². The Bertz CT molecular complexity index is 564. The van der Waals surface area contributed by atoms with Crippen molar-refractivity contribution in [1.29, 1.82) is 0 Å². The molecule has 2 aliphatic heterocycles. The van der Waals surface area contributed by atoms with Gasteiger partial charge >= 0.3 is 0 Å². The standard InChI is InChI=1S/C19H23NO2/c1-2-3-5-10-19(21)20-13-16(15-8-6-4-7-9-15)17-14-22-12-11-18(17)20/h2-10,16-18H,11-14H2,1H3/b3-2+,10-5+/t16-,17-,18+/m1/s1.